The molecule has 9 nitrogen and oxygen atoms in total. The largest absolute Gasteiger partial charge is 0.497 e. The summed E-state index contributed by atoms with van der Waals surface area (Å²) in [5.41, 5.74) is 0.780. The number of hydrogen-bond acceptors (Lipinski definition) is 6. The van der Waals surface area contributed by atoms with Crippen LogP contribution in [0.3, 0.4) is 0 Å². The molecule has 0 radical (unpaired) electrons. The van der Waals surface area contributed by atoms with Gasteiger partial charge in [0.25, 0.3) is 5.49 Å². The van der Waals surface area contributed by atoms with Crippen LogP contribution in [0.2, 0.25) is 5.02 Å². The molecule has 0 saturated heterocycles. The molecule has 10 heteroatoms. The molecule has 0 saturated carbocycles. The van der Waals surface area contributed by atoms with Gasteiger partial charge in [-0.3, -0.25) is 4.99 Å². The Morgan fingerprint density at radius 1 is 1.27 bits per heavy atom. The first kappa shape index (κ1) is 17.5. The van der Waals surface area contributed by atoms with Crippen molar-refractivity contribution in [3.63, 3.8) is 0 Å². The number of ether oxygens (including phenoxy) is 1. The minimum Gasteiger partial charge on any atom is -0.497 e. The number of benzene rings is 2. The average molecular weight is 376 g/mol. The Morgan fingerprint density at radius 2 is 1.96 bits per heavy atom. The van der Waals surface area contributed by atoms with Gasteiger partial charge < -0.3 is 20.1 Å². The number of nitrogens with zero attached hydrogens (tertiary/aromatic N) is 5. The van der Waals surface area contributed by atoms with E-state index in [0.717, 1.165) is 4.80 Å². The summed E-state index contributed by atoms with van der Waals surface area (Å²) in [4.78, 5) is 16.2. The van der Waals surface area contributed by atoms with E-state index >= 15 is 0 Å². The Balaban J connectivity index is 2.07. The molecule has 3 rings (SSSR count). The number of methoxy groups -OCH3 is 1. The van der Waals surface area contributed by atoms with E-state index in [0.29, 0.717) is 26.9 Å². The fourth-order valence-electron chi connectivity index (χ4n) is 2.28. The highest BCUT2D eigenvalue weighted by Crippen LogP contribution is 2.16. The van der Waals surface area contributed by atoms with Crippen molar-refractivity contribution in [2.45, 2.75) is 6.54 Å². The smallest absolute Gasteiger partial charge is 0.438 e. The average Bonchev–Trinajstić information content (AvgIpc) is 2.98. The first-order valence-electron chi connectivity index (χ1n) is 7.45. The topological polar surface area (TPSA) is 108 Å². The van der Waals surface area contributed by atoms with Crippen molar-refractivity contribution in [1.29, 1.82) is 0 Å². The van der Waals surface area contributed by atoms with E-state index in [1.54, 1.807) is 48.5 Å². The van der Waals surface area contributed by atoms with Gasteiger partial charge in [0.1, 0.15) is 11.4 Å². The second-order valence-corrected chi connectivity index (χ2v) is 5.60. The van der Waals surface area contributed by atoms with E-state index < -0.39 is 10.7 Å². The third-order valence-corrected chi connectivity index (χ3v) is 3.96. The molecule has 0 spiro atoms. The fourth-order valence-corrected chi connectivity index (χ4v) is 2.47. The lowest BCUT2D eigenvalue weighted by Gasteiger charge is -2.02. The van der Waals surface area contributed by atoms with Gasteiger partial charge in [-0.05, 0) is 45.6 Å². The van der Waals surface area contributed by atoms with E-state index in [1.807, 2.05) is 0 Å². The summed E-state index contributed by atoms with van der Waals surface area (Å²) in [6, 6.07) is 13.5. The normalized spacial score (nSPS) is 11.5. The number of nitro groups is 1. The summed E-state index contributed by atoms with van der Waals surface area (Å²) >= 11 is 6.07. The number of halogens is 1. The van der Waals surface area contributed by atoms with Gasteiger partial charge in [-0.1, -0.05) is 34.6 Å². The fraction of sp³-hybridized carbons (Fsp3) is 0.125. The van der Waals surface area contributed by atoms with Crippen LogP contribution in [0, 0.1) is 10.1 Å². The standard InChI is InChI=1S/C16H14ClN5O4/c1-26-13-8-6-12(7-9-13)20-19-16(22(24)25)15(21(20)23)18-10-11-4-2-3-5-14(11)17/h2-9,23H,10H2,1H3. The van der Waals surface area contributed by atoms with E-state index in [-0.39, 0.29) is 12.0 Å². The Labute approximate surface area is 152 Å². The quantitative estimate of drug-likeness (QED) is 0.419. The Morgan fingerprint density at radius 3 is 2.58 bits per heavy atom. The van der Waals surface area contributed by atoms with Crippen LogP contribution in [0.25, 0.3) is 5.69 Å². The van der Waals surface area contributed by atoms with Gasteiger partial charge in [0.2, 0.25) is 0 Å². The Bertz CT molecular complexity index is 1010. The molecule has 0 fully saturated rings. The number of aromatic nitrogens is 3. The zero-order chi connectivity index (χ0) is 18.7. The molecule has 3 aromatic rings. The summed E-state index contributed by atoms with van der Waals surface area (Å²) in [6.07, 6.45) is 0. The van der Waals surface area contributed by atoms with Crippen molar-refractivity contribution in [2.75, 3.05) is 7.11 Å². The molecule has 0 aliphatic heterocycles. The minimum atomic E-state index is -0.710. The Kier molecular flexibility index (Phi) is 4.90. The van der Waals surface area contributed by atoms with Crippen molar-refractivity contribution in [1.82, 2.24) is 14.7 Å². The molecule has 26 heavy (non-hydrogen) atoms. The second kappa shape index (κ2) is 7.28. The van der Waals surface area contributed by atoms with Gasteiger partial charge in [-0.25, -0.2) is 0 Å². The summed E-state index contributed by atoms with van der Waals surface area (Å²) in [5.74, 6) is 0.0268. The number of rotatable bonds is 5. The van der Waals surface area contributed by atoms with Gasteiger partial charge in [-0.15, -0.1) is 0 Å². The van der Waals surface area contributed by atoms with Gasteiger partial charge in [0.15, 0.2) is 0 Å². The molecule has 0 amide bonds. The van der Waals surface area contributed by atoms with Crippen LogP contribution in [-0.2, 0) is 6.54 Å². The molecule has 0 unspecified atom stereocenters. The minimum absolute atomic E-state index is 0.0510. The lowest BCUT2D eigenvalue weighted by Crippen LogP contribution is -2.22. The van der Waals surface area contributed by atoms with E-state index in [4.69, 9.17) is 16.3 Å². The van der Waals surface area contributed by atoms with Gasteiger partial charge in [-0.2, -0.15) is 0 Å². The van der Waals surface area contributed by atoms with Crippen LogP contribution < -0.4 is 10.2 Å². The highest BCUT2D eigenvalue weighted by Gasteiger charge is 2.24. The van der Waals surface area contributed by atoms with Crippen LogP contribution >= 0.6 is 11.6 Å². The first-order chi connectivity index (χ1) is 12.5. The lowest BCUT2D eigenvalue weighted by molar-refractivity contribution is -0.391. The van der Waals surface area contributed by atoms with Gasteiger partial charge in [0, 0.05) is 5.02 Å². The first-order valence-corrected chi connectivity index (χ1v) is 7.83. The molecule has 0 aliphatic carbocycles. The van der Waals surface area contributed by atoms with Crippen LogP contribution in [0.4, 0.5) is 5.82 Å². The summed E-state index contributed by atoms with van der Waals surface area (Å²) in [7, 11) is 1.52. The maximum Gasteiger partial charge on any atom is 0.438 e. The van der Waals surface area contributed by atoms with Crippen LogP contribution in [-0.4, -0.2) is 32.0 Å². The third kappa shape index (κ3) is 3.38. The molecule has 0 bridgehead atoms. The molecule has 1 aromatic heterocycles. The summed E-state index contributed by atoms with van der Waals surface area (Å²) < 4.78 is 5.06. The molecule has 0 atom stereocenters. The predicted octanol–water partition coefficient (Wildman–Crippen LogP) is 2.58. The molecule has 1 heterocycles. The van der Waals surface area contributed by atoms with Crippen molar-refractivity contribution in [2.24, 2.45) is 4.99 Å². The molecular formula is C16H14ClN5O4. The van der Waals surface area contributed by atoms with Crippen LogP contribution in [0.1, 0.15) is 5.56 Å². The van der Waals surface area contributed by atoms with Gasteiger partial charge in [0.05, 0.1) is 18.8 Å². The summed E-state index contributed by atoms with van der Waals surface area (Å²) in [6.45, 7) is 0.0510. The molecular weight excluding hydrogens is 362 g/mol. The van der Waals surface area contributed by atoms with Crippen LogP contribution in [0.5, 0.6) is 5.75 Å². The molecule has 2 aromatic carbocycles. The van der Waals surface area contributed by atoms with Crippen LogP contribution in [0.15, 0.2) is 53.5 Å². The molecule has 1 N–H and O–H groups in total. The predicted molar refractivity (Wildman–Crippen MR) is 92.7 cm³/mol. The molecule has 134 valence electrons. The highest BCUT2D eigenvalue weighted by molar-refractivity contribution is 6.31. The second-order valence-electron chi connectivity index (χ2n) is 5.19. The summed E-state index contributed by atoms with van der Waals surface area (Å²) in [5, 5.41) is 25.9. The maximum absolute atomic E-state index is 11.3. The van der Waals surface area contributed by atoms with Crippen molar-refractivity contribution in [3.05, 3.63) is 74.7 Å². The highest BCUT2D eigenvalue weighted by atomic mass is 35.5. The van der Waals surface area contributed by atoms with Crippen molar-refractivity contribution < 1.29 is 14.9 Å². The van der Waals surface area contributed by atoms with E-state index in [1.165, 1.54) is 7.11 Å². The van der Waals surface area contributed by atoms with Crippen molar-refractivity contribution >= 4 is 17.4 Å². The zero-order valence-corrected chi connectivity index (χ0v) is 14.4. The van der Waals surface area contributed by atoms with Crippen molar-refractivity contribution in [3.8, 4) is 11.4 Å². The maximum atomic E-state index is 11.3. The SMILES string of the molecule is COc1ccc(-n2nc([N+](=O)[O-])c(=NCc3ccccc3Cl)n2O)cc1. The monoisotopic (exact) mass is 375 g/mol. The third-order valence-electron chi connectivity index (χ3n) is 3.59. The Hall–Kier alpha value is -3.33. The lowest BCUT2D eigenvalue weighted by atomic mass is 10.2. The van der Waals surface area contributed by atoms with E-state index in [9.17, 15) is 15.3 Å². The van der Waals surface area contributed by atoms with Gasteiger partial charge >= 0.3 is 5.82 Å². The van der Waals surface area contributed by atoms with E-state index in [2.05, 4.69) is 10.1 Å². The zero-order valence-electron chi connectivity index (χ0n) is 13.6. The molecule has 0 aliphatic rings. The number of hydrogen-bond donors (Lipinski definition) is 1.